The van der Waals surface area contributed by atoms with Crippen LogP contribution in [-0.2, 0) is 7.05 Å². The zero-order valence-corrected chi connectivity index (χ0v) is 8.01. The minimum Gasteiger partial charge on any atom is -0.352 e. The first-order valence-corrected chi connectivity index (χ1v) is 4.91. The monoisotopic (exact) mass is 163 g/mol. The number of hydrogen-bond donors (Lipinski definition) is 0. The Morgan fingerprint density at radius 3 is 2.42 bits per heavy atom. The highest BCUT2D eigenvalue weighted by Gasteiger charge is 2.19. The van der Waals surface area contributed by atoms with Gasteiger partial charge in [0.2, 0.25) is 0 Å². The molecule has 1 heteroatoms. The van der Waals surface area contributed by atoms with E-state index >= 15 is 0 Å². The molecule has 0 radical (unpaired) electrons. The van der Waals surface area contributed by atoms with Crippen molar-refractivity contribution in [2.75, 3.05) is 0 Å². The molecule has 0 spiro atoms. The molecule has 1 fully saturated rings. The van der Waals surface area contributed by atoms with Crippen LogP contribution < -0.4 is 0 Å². The molecule has 1 nitrogen and oxygen atoms in total. The molecule has 1 aromatic heterocycles. The molecule has 66 valence electrons. The fraction of sp³-hybridized carbons (Fsp3) is 0.636. The van der Waals surface area contributed by atoms with Gasteiger partial charge in [-0.1, -0.05) is 12.8 Å². The Morgan fingerprint density at radius 1 is 1.25 bits per heavy atom. The van der Waals surface area contributed by atoms with Crippen LogP contribution in [-0.4, -0.2) is 4.57 Å². The number of nitrogens with zero attached hydrogens (tertiary/aromatic N) is 1. The lowest BCUT2D eigenvalue weighted by atomic mass is 10.0. The Bertz CT molecular complexity index is 267. The van der Waals surface area contributed by atoms with Gasteiger partial charge in [0.05, 0.1) is 0 Å². The first-order chi connectivity index (χ1) is 5.79. The lowest BCUT2D eigenvalue weighted by molar-refractivity contribution is 0.649. The summed E-state index contributed by atoms with van der Waals surface area (Å²) in [6.45, 7) is 2.18. The molecule has 0 saturated heterocycles. The van der Waals surface area contributed by atoms with Crippen molar-refractivity contribution in [2.24, 2.45) is 7.05 Å². The SMILES string of the molecule is Cc1ccc(C2CCCC2)n1C. The van der Waals surface area contributed by atoms with Gasteiger partial charge in [-0.15, -0.1) is 0 Å². The summed E-state index contributed by atoms with van der Waals surface area (Å²) in [5.74, 6) is 0.851. The third-order valence-corrected chi connectivity index (χ3v) is 3.19. The average molecular weight is 163 g/mol. The topological polar surface area (TPSA) is 4.93 Å². The predicted octanol–water partition coefficient (Wildman–Crippen LogP) is 2.99. The quantitative estimate of drug-likeness (QED) is 0.599. The molecule has 0 aliphatic heterocycles. The van der Waals surface area contributed by atoms with Crippen molar-refractivity contribution in [1.82, 2.24) is 4.57 Å². The smallest absolute Gasteiger partial charge is 0.0205 e. The van der Waals surface area contributed by atoms with Crippen molar-refractivity contribution >= 4 is 0 Å². The fourth-order valence-corrected chi connectivity index (χ4v) is 2.26. The van der Waals surface area contributed by atoms with Gasteiger partial charge in [-0.25, -0.2) is 0 Å². The number of aryl methyl sites for hydroxylation is 1. The zero-order chi connectivity index (χ0) is 8.55. The van der Waals surface area contributed by atoms with Crippen molar-refractivity contribution < 1.29 is 0 Å². The molecular formula is C11H17N. The molecule has 1 aromatic rings. The molecule has 0 N–H and O–H groups in total. The molecule has 1 aliphatic rings. The van der Waals surface area contributed by atoms with Crippen molar-refractivity contribution in [3.05, 3.63) is 23.5 Å². The van der Waals surface area contributed by atoms with Gasteiger partial charge < -0.3 is 4.57 Å². The molecule has 0 aromatic carbocycles. The molecule has 0 amide bonds. The zero-order valence-electron chi connectivity index (χ0n) is 8.01. The van der Waals surface area contributed by atoms with Gasteiger partial charge in [-0.3, -0.25) is 0 Å². The first-order valence-electron chi connectivity index (χ1n) is 4.91. The first kappa shape index (κ1) is 7.90. The fourth-order valence-electron chi connectivity index (χ4n) is 2.26. The minimum absolute atomic E-state index is 0.851. The van der Waals surface area contributed by atoms with Crippen molar-refractivity contribution in [3.63, 3.8) is 0 Å². The Labute approximate surface area is 74.4 Å². The summed E-state index contributed by atoms with van der Waals surface area (Å²) >= 11 is 0. The second kappa shape index (κ2) is 2.96. The number of aromatic nitrogens is 1. The molecule has 1 saturated carbocycles. The van der Waals surface area contributed by atoms with E-state index in [-0.39, 0.29) is 0 Å². The third kappa shape index (κ3) is 1.17. The van der Waals surface area contributed by atoms with E-state index in [4.69, 9.17) is 0 Å². The van der Waals surface area contributed by atoms with Crippen LogP contribution in [0.5, 0.6) is 0 Å². The van der Waals surface area contributed by atoms with E-state index in [1.807, 2.05) is 0 Å². The molecule has 0 atom stereocenters. The average Bonchev–Trinajstić information content (AvgIpc) is 2.64. The highest BCUT2D eigenvalue weighted by atomic mass is 15.0. The van der Waals surface area contributed by atoms with Gasteiger partial charge >= 0.3 is 0 Å². The second-order valence-electron chi connectivity index (χ2n) is 3.94. The van der Waals surface area contributed by atoms with Gasteiger partial charge in [0.1, 0.15) is 0 Å². The lowest BCUT2D eigenvalue weighted by Gasteiger charge is -2.11. The number of rotatable bonds is 1. The van der Waals surface area contributed by atoms with Gasteiger partial charge in [-0.2, -0.15) is 0 Å². The summed E-state index contributed by atoms with van der Waals surface area (Å²) in [4.78, 5) is 0. The Morgan fingerprint density at radius 2 is 1.92 bits per heavy atom. The summed E-state index contributed by atoms with van der Waals surface area (Å²) in [6.07, 6.45) is 5.65. The highest BCUT2D eigenvalue weighted by Crippen LogP contribution is 2.34. The summed E-state index contributed by atoms with van der Waals surface area (Å²) in [5.41, 5.74) is 2.93. The summed E-state index contributed by atoms with van der Waals surface area (Å²) in [6, 6.07) is 4.53. The second-order valence-corrected chi connectivity index (χ2v) is 3.94. The van der Waals surface area contributed by atoms with Crippen LogP contribution in [0.25, 0.3) is 0 Å². The molecule has 12 heavy (non-hydrogen) atoms. The maximum absolute atomic E-state index is 2.34. The van der Waals surface area contributed by atoms with Crippen molar-refractivity contribution in [3.8, 4) is 0 Å². The van der Waals surface area contributed by atoms with Crippen LogP contribution >= 0.6 is 0 Å². The normalized spacial score (nSPS) is 18.8. The maximum Gasteiger partial charge on any atom is 0.0205 e. The van der Waals surface area contributed by atoms with Crippen LogP contribution in [0, 0.1) is 6.92 Å². The largest absolute Gasteiger partial charge is 0.352 e. The molecule has 1 aliphatic carbocycles. The van der Waals surface area contributed by atoms with E-state index in [9.17, 15) is 0 Å². The molecule has 0 unspecified atom stereocenters. The van der Waals surface area contributed by atoms with Crippen molar-refractivity contribution in [1.29, 1.82) is 0 Å². The molecular weight excluding hydrogens is 146 g/mol. The van der Waals surface area contributed by atoms with Crippen molar-refractivity contribution in [2.45, 2.75) is 38.5 Å². The van der Waals surface area contributed by atoms with Crippen LogP contribution in [0.2, 0.25) is 0 Å². The summed E-state index contributed by atoms with van der Waals surface area (Å²) in [5, 5.41) is 0. The van der Waals surface area contributed by atoms with Gasteiger partial charge in [-0.05, 0) is 37.8 Å². The maximum atomic E-state index is 2.34. The predicted molar refractivity (Wildman–Crippen MR) is 51.4 cm³/mol. The standard InChI is InChI=1S/C11H17N/c1-9-7-8-11(12(9)2)10-5-3-4-6-10/h7-8,10H,3-6H2,1-2H3. The highest BCUT2D eigenvalue weighted by molar-refractivity contribution is 5.19. The Balaban J connectivity index is 2.26. The van der Waals surface area contributed by atoms with E-state index in [0.29, 0.717) is 0 Å². The van der Waals surface area contributed by atoms with Gasteiger partial charge in [0.15, 0.2) is 0 Å². The Kier molecular flexibility index (Phi) is 1.95. The third-order valence-electron chi connectivity index (χ3n) is 3.19. The van der Waals surface area contributed by atoms with Crippen LogP contribution in [0.1, 0.15) is 43.0 Å². The molecule has 2 rings (SSSR count). The van der Waals surface area contributed by atoms with E-state index in [1.165, 1.54) is 31.4 Å². The summed E-state index contributed by atoms with van der Waals surface area (Å²) < 4.78 is 2.34. The van der Waals surface area contributed by atoms with Gasteiger partial charge in [0, 0.05) is 18.4 Å². The molecule has 0 bridgehead atoms. The van der Waals surface area contributed by atoms with Gasteiger partial charge in [0.25, 0.3) is 0 Å². The lowest BCUT2D eigenvalue weighted by Crippen LogP contribution is -2.01. The molecule has 1 heterocycles. The summed E-state index contributed by atoms with van der Waals surface area (Å²) in [7, 11) is 2.18. The van der Waals surface area contributed by atoms with E-state index < -0.39 is 0 Å². The Hall–Kier alpha value is -0.720. The van der Waals surface area contributed by atoms with Crippen LogP contribution in [0.3, 0.4) is 0 Å². The minimum atomic E-state index is 0.851. The van der Waals surface area contributed by atoms with E-state index in [2.05, 4.69) is 30.7 Å². The number of hydrogen-bond acceptors (Lipinski definition) is 0. The van der Waals surface area contributed by atoms with E-state index in [1.54, 1.807) is 5.69 Å². The van der Waals surface area contributed by atoms with Crippen LogP contribution in [0.15, 0.2) is 12.1 Å². The van der Waals surface area contributed by atoms with E-state index in [0.717, 1.165) is 5.92 Å². The van der Waals surface area contributed by atoms with Crippen LogP contribution in [0.4, 0.5) is 0 Å².